The number of benzene rings is 2. The Morgan fingerprint density at radius 3 is 2.21 bits per heavy atom. The molecule has 1 heterocycles. The van der Waals surface area contributed by atoms with Gasteiger partial charge in [0.25, 0.3) is 5.91 Å². The maximum Gasteiger partial charge on any atom is 0.255 e. The molecule has 0 spiro atoms. The number of anilines is 1. The van der Waals surface area contributed by atoms with Crippen LogP contribution in [0.4, 0.5) is 5.69 Å². The zero-order valence-corrected chi connectivity index (χ0v) is 14.7. The summed E-state index contributed by atoms with van der Waals surface area (Å²) >= 11 is 1.35. The molecule has 0 aliphatic rings. The van der Waals surface area contributed by atoms with Crippen LogP contribution in [-0.2, 0) is 5.41 Å². The van der Waals surface area contributed by atoms with Crippen LogP contribution in [0.15, 0.2) is 54.7 Å². The van der Waals surface area contributed by atoms with E-state index in [1.165, 1.54) is 17.1 Å². The van der Waals surface area contributed by atoms with E-state index in [0.29, 0.717) is 5.56 Å². The normalized spacial score (nSPS) is 11.3. The van der Waals surface area contributed by atoms with Gasteiger partial charge in [0.1, 0.15) is 0 Å². The largest absolute Gasteiger partial charge is 0.322 e. The van der Waals surface area contributed by atoms with Gasteiger partial charge >= 0.3 is 0 Å². The monoisotopic (exact) mass is 337 g/mol. The molecular formula is C19H19N3OS. The van der Waals surface area contributed by atoms with Crippen molar-refractivity contribution >= 4 is 23.1 Å². The van der Waals surface area contributed by atoms with Gasteiger partial charge in [-0.05, 0) is 52.3 Å². The van der Waals surface area contributed by atoms with Crippen LogP contribution in [0.2, 0.25) is 0 Å². The summed E-state index contributed by atoms with van der Waals surface area (Å²) in [5.41, 5.74) is 3.75. The molecule has 1 aromatic heterocycles. The molecule has 24 heavy (non-hydrogen) atoms. The van der Waals surface area contributed by atoms with Crippen molar-refractivity contribution in [3.63, 3.8) is 0 Å². The first-order valence-corrected chi connectivity index (χ1v) is 8.50. The summed E-state index contributed by atoms with van der Waals surface area (Å²) in [6.45, 7) is 6.47. The van der Waals surface area contributed by atoms with Gasteiger partial charge in [-0.15, -0.1) is 5.10 Å². The smallest absolute Gasteiger partial charge is 0.255 e. The van der Waals surface area contributed by atoms with Crippen molar-refractivity contribution in [2.75, 3.05) is 5.32 Å². The van der Waals surface area contributed by atoms with E-state index in [-0.39, 0.29) is 11.3 Å². The molecule has 122 valence electrons. The van der Waals surface area contributed by atoms with Gasteiger partial charge in [-0.3, -0.25) is 4.79 Å². The zero-order valence-electron chi connectivity index (χ0n) is 13.9. The molecule has 5 heteroatoms. The predicted octanol–water partition coefficient (Wildman–Crippen LogP) is 4.75. The van der Waals surface area contributed by atoms with Crippen molar-refractivity contribution in [2.45, 2.75) is 26.2 Å². The predicted molar refractivity (Wildman–Crippen MR) is 98.4 cm³/mol. The quantitative estimate of drug-likeness (QED) is 0.750. The van der Waals surface area contributed by atoms with Crippen LogP contribution >= 0.6 is 11.5 Å². The van der Waals surface area contributed by atoms with Crippen LogP contribution in [0.1, 0.15) is 36.7 Å². The van der Waals surface area contributed by atoms with E-state index in [1.54, 1.807) is 6.20 Å². The first-order chi connectivity index (χ1) is 11.4. The highest BCUT2D eigenvalue weighted by Crippen LogP contribution is 2.24. The van der Waals surface area contributed by atoms with E-state index in [0.717, 1.165) is 16.1 Å². The Morgan fingerprint density at radius 2 is 1.67 bits per heavy atom. The molecule has 0 radical (unpaired) electrons. The van der Waals surface area contributed by atoms with E-state index in [2.05, 4.69) is 35.7 Å². The highest BCUT2D eigenvalue weighted by atomic mass is 32.1. The number of rotatable bonds is 3. The number of carbonyl (C=O) groups is 1. The second kappa shape index (κ2) is 6.53. The fraction of sp³-hybridized carbons (Fsp3) is 0.211. The summed E-state index contributed by atoms with van der Waals surface area (Å²) < 4.78 is 3.86. The minimum atomic E-state index is -0.109. The number of amides is 1. The van der Waals surface area contributed by atoms with Crippen LogP contribution in [0, 0.1) is 0 Å². The summed E-state index contributed by atoms with van der Waals surface area (Å²) in [7, 11) is 0. The summed E-state index contributed by atoms with van der Waals surface area (Å²) in [5.74, 6) is -0.109. The number of nitrogens with zero attached hydrogens (tertiary/aromatic N) is 2. The third-order valence-electron chi connectivity index (χ3n) is 3.80. The minimum Gasteiger partial charge on any atom is -0.322 e. The molecule has 2 aromatic carbocycles. The van der Waals surface area contributed by atoms with Crippen molar-refractivity contribution in [2.24, 2.45) is 0 Å². The van der Waals surface area contributed by atoms with Crippen molar-refractivity contribution in [1.29, 1.82) is 0 Å². The van der Waals surface area contributed by atoms with E-state index >= 15 is 0 Å². The first kappa shape index (κ1) is 16.3. The van der Waals surface area contributed by atoms with Crippen LogP contribution in [0.3, 0.4) is 0 Å². The molecule has 3 aromatic rings. The molecular weight excluding hydrogens is 318 g/mol. The number of aromatic nitrogens is 2. The van der Waals surface area contributed by atoms with Crippen molar-refractivity contribution in [3.8, 4) is 10.4 Å². The average Bonchev–Trinajstić information content (AvgIpc) is 3.09. The molecule has 4 nitrogen and oxygen atoms in total. The van der Waals surface area contributed by atoms with Gasteiger partial charge in [-0.25, -0.2) is 0 Å². The molecule has 0 saturated heterocycles. The lowest BCUT2D eigenvalue weighted by molar-refractivity contribution is 0.102. The summed E-state index contributed by atoms with van der Waals surface area (Å²) in [4.78, 5) is 13.4. The Morgan fingerprint density at radius 1 is 1.00 bits per heavy atom. The molecule has 0 bridgehead atoms. The Labute approximate surface area is 145 Å². The molecule has 0 saturated carbocycles. The molecule has 1 amide bonds. The van der Waals surface area contributed by atoms with Crippen LogP contribution < -0.4 is 5.32 Å². The SMILES string of the molecule is CC(C)(C)c1ccc(C(=O)Nc2ccc(-c3cnns3)cc2)cc1. The Kier molecular flexibility index (Phi) is 4.44. The van der Waals surface area contributed by atoms with E-state index in [1.807, 2.05) is 48.5 Å². The van der Waals surface area contributed by atoms with Gasteiger partial charge in [0.15, 0.2) is 0 Å². The van der Waals surface area contributed by atoms with Crippen molar-refractivity contribution in [3.05, 3.63) is 65.9 Å². The molecule has 0 aliphatic heterocycles. The van der Waals surface area contributed by atoms with E-state index < -0.39 is 0 Å². The first-order valence-electron chi connectivity index (χ1n) is 7.73. The lowest BCUT2D eigenvalue weighted by Gasteiger charge is -2.19. The fourth-order valence-corrected chi connectivity index (χ4v) is 2.86. The molecule has 3 rings (SSSR count). The van der Waals surface area contributed by atoms with E-state index in [9.17, 15) is 4.79 Å². The maximum atomic E-state index is 12.4. The lowest BCUT2D eigenvalue weighted by Crippen LogP contribution is -2.14. The van der Waals surface area contributed by atoms with E-state index in [4.69, 9.17) is 0 Å². The molecule has 0 fully saturated rings. The van der Waals surface area contributed by atoms with Gasteiger partial charge in [0.05, 0.1) is 11.1 Å². The average molecular weight is 337 g/mol. The van der Waals surface area contributed by atoms with Crippen molar-refractivity contribution in [1.82, 2.24) is 9.59 Å². The van der Waals surface area contributed by atoms with Crippen molar-refractivity contribution < 1.29 is 4.79 Å². The molecule has 0 unspecified atom stereocenters. The molecule has 0 atom stereocenters. The third-order valence-corrected chi connectivity index (χ3v) is 4.52. The fourth-order valence-electron chi connectivity index (χ4n) is 2.34. The summed E-state index contributed by atoms with van der Waals surface area (Å²) in [6, 6.07) is 15.4. The zero-order chi connectivity index (χ0) is 17.2. The van der Waals surface area contributed by atoms with Gasteiger partial charge in [-0.2, -0.15) is 0 Å². The maximum absolute atomic E-state index is 12.4. The minimum absolute atomic E-state index is 0.0797. The molecule has 0 aliphatic carbocycles. The number of nitrogens with one attached hydrogen (secondary N) is 1. The van der Waals surface area contributed by atoms with Gasteiger partial charge < -0.3 is 5.32 Å². The van der Waals surface area contributed by atoms with Crippen LogP contribution in [-0.4, -0.2) is 15.5 Å². The van der Waals surface area contributed by atoms with Gasteiger partial charge in [0.2, 0.25) is 0 Å². The second-order valence-corrected chi connectivity index (χ2v) is 7.43. The molecule has 1 N–H and O–H groups in total. The topological polar surface area (TPSA) is 54.9 Å². The summed E-state index contributed by atoms with van der Waals surface area (Å²) in [5, 5.41) is 6.75. The third kappa shape index (κ3) is 3.68. The Balaban J connectivity index is 1.70. The van der Waals surface area contributed by atoms with Gasteiger partial charge in [0, 0.05) is 11.3 Å². The lowest BCUT2D eigenvalue weighted by atomic mass is 9.87. The van der Waals surface area contributed by atoms with Crippen LogP contribution in [0.25, 0.3) is 10.4 Å². The number of carbonyl (C=O) groups excluding carboxylic acids is 1. The highest BCUT2D eigenvalue weighted by molar-refractivity contribution is 7.09. The standard InChI is InChI=1S/C19H19N3OS/c1-19(2,3)15-8-4-14(5-9-15)18(23)21-16-10-6-13(7-11-16)17-12-20-22-24-17/h4-12H,1-3H3,(H,21,23). The van der Waals surface area contributed by atoms with Crippen LogP contribution in [0.5, 0.6) is 0 Å². The Bertz CT molecular complexity index is 817. The van der Waals surface area contributed by atoms with Gasteiger partial charge in [-0.1, -0.05) is 49.5 Å². The summed E-state index contributed by atoms with van der Waals surface area (Å²) in [6.07, 6.45) is 1.73. The number of hydrogen-bond donors (Lipinski definition) is 1. The number of hydrogen-bond acceptors (Lipinski definition) is 4. The second-order valence-electron chi connectivity index (χ2n) is 6.64. The Hall–Kier alpha value is -2.53. The highest BCUT2D eigenvalue weighted by Gasteiger charge is 2.14.